The minimum atomic E-state index is -1.14. The number of hydrogen-bond acceptors (Lipinski definition) is 3. The average molecular weight is 299 g/mol. The highest BCUT2D eigenvalue weighted by Crippen LogP contribution is 2.32. The third-order valence-electron chi connectivity index (χ3n) is 3.30. The second-order valence-electron chi connectivity index (χ2n) is 4.74. The summed E-state index contributed by atoms with van der Waals surface area (Å²) in [6.45, 7) is 0.690. The van der Waals surface area contributed by atoms with Crippen molar-refractivity contribution in [3.05, 3.63) is 64.8 Å². The van der Waals surface area contributed by atoms with Crippen molar-refractivity contribution >= 4 is 22.1 Å². The monoisotopic (exact) mass is 299 g/mol. The van der Waals surface area contributed by atoms with Crippen LogP contribution in [0.15, 0.2) is 60.0 Å². The predicted molar refractivity (Wildman–Crippen MR) is 90.2 cm³/mol. The molecule has 108 valence electrons. The molecule has 0 aliphatic carbocycles. The summed E-state index contributed by atoms with van der Waals surface area (Å²) in [5.74, 6) is 0.649. The van der Waals surface area contributed by atoms with Crippen molar-refractivity contribution in [3.63, 3.8) is 0 Å². The molecule has 2 aromatic carbocycles. The van der Waals surface area contributed by atoms with Crippen LogP contribution >= 0.6 is 11.3 Å². The van der Waals surface area contributed by atoms with Gasteiger partial charge < -0.3 is 10.1 Å². The van der Waals surface area contributed by atoms with Crippen LogP contribution in [-0.2, 0) is 0 Å². The molecule has 0 aliphatic heterocycles. The van der Waals surface area contributed by atoms with Gasteiger partial charge >= 0.3 is 0 Å². The maximum atomic E-state index is 8.85. The molecule has 1 aromatic heterocycles. The molecular formula is C18H19NOS. The van der Waals surface area contributed by atoms with Crippen molar-refractivity contribution in [2.24, 2.45) is 0 Å². The van der Waals surface area contributed by atoms with E-state index in [2.05, 4.69) is 5.32 Å². The number of fused-ring (bicyclic) bond motifs is 1. The quantitative estimate of drug-likeness (QED) is 0.716. The summed E-state index contributed by atoms with van der Waals surface area (Å²) in [4.78, 5) is 0.881. The van der Waals surface area contributed by atoms with Gasteiger partial charge in [0.05, 0.1) is 2.74 Å². The first-order chi connectivity index (χ1) is 11.1. The third kappa shape index (κ3) is 3.26. The van der Waals surface area contributed by atoms with Crippen LogP contribution in [0.1, 0.15) is 20.1 Å². The maximum Gasteiger partial charge on any atom is 0.134 e. The molecule has 1 heterocycles. The molecule has 0 fully saturated rings. The summed E-state index contributed by atoms with van der Waals surface area (Å²) in [5, 5.41) is 6.77. The first-order valence-electron chi connectivity index (χ1n) is 8.00. The lowest BCUT2D eigenvalue weighted by atomic mass is 10.1. The summed E-state index contributed by atoms with van der Waals surface area (Å²) < 4.78 is 23.1. The smallest absolute Gasteiger partial charge is 0.134 e. The van der Waals surface area contributed by atoms with E-state index in [1.54, 1.807) is 12.1 Å². The van der Waals surface area contributed by atoms with Gasteiger partial charge in [0.25, 0.3) is 0 Å². The first kappa shape index (κ1) is 11.8. The summed E-state index contributed by atoms with van der Waals surface area (Å²) in [6.07, 6.45) is -0.593. The molecule has 3 rings (SSSR count). The van der Waals surface area contributed by atoms with Gasteiger partial charge in [-0.3, -0.25) is 0 Å². The summed E-state index contributed by atoms with van der Waals surface area (Å²) in [5.41, 5.74) is 0. The SMILES string of the molecule is [2H]c1ccc(O[C@@]([2H])(CCNC)c2cccs2)c2ccccc12. The van der Waals surface area contributed by atoms with Gasteiger partial charge in [-0.2, -0.15) is 0 Å². The van der Waals surface area contributed by atoms with Gasteiger partial charge in [0.15, 0.2) is 0 Å². The largest absolute Gasteiger partial charge is 0.484 e. The van der Waals surface area contributed by atoms with Crippen molar-refractivity contribution in [1.29, 1.82) is 0 Å². The fraction of sp³-hybridized carbons (Fsp3) is 0.222. The lowest BCUT2D eigenvalue weighted by molar-refractivity contribution is 0.201. The Balaban J connectivity index is 2.02. The molecule has 0 unspecified atom stereocenters. The lowest BCUT2D eigenvalue weighted by Gasteiger charge is -2.19. The van der Waals surface area contributed by atoms with E-state index in [-0.39, 0.29) is 0 Å². The van der Waals surface area contributed by atoms with E-state index >= 15 is 0 Å². The van der Waals surface area contributed by atoms with Crippen molar-refractivity contribution in [2.45, 2.75) is 12.5 Å². The fourth-order valence-electron chi connectivity index (χ4n) is 2.24. The normalized spacial score (nSPS) is 15.3. The molecule has 3 heteroatoms. The van der Waals surface area contributed by atoms with Crippen molar-refractivity contribution < 1.29 is 7.48 Å². The van der Waals surface area contributed by atoms with Crippen LogP contribution in [0, 0.1) is 0 Å². The van der Waals surface area contributed by atoms with Gasteiger partial charge in [-0.15, -0.1) is 11.3 Å². The Kier molecular flexibility index (Phi) is 3.78. The number of benzene rings is 2. The van der Waals surface area contributed by atoms with E-state index in [0.29, 0.717) is 24.8 Å². The Morgan fingerprint density at radius 1 is 1.24 bits per heavy atom. The first-order valence-corrected chi connectivity index (χ1v) is 7.88. The van der Waals surface area contributed by atoms with Gasteiger partial charge in [0.2, 0.25) is 0 Å². The minimum Gasteiger partial charge on any atom is -0.484 e. The fourth-order valence-corrected chi connectivity index (χ4v) is 2.98. The molecule has 3 aromatic rings. The van der Waals surface area contributed by atoms with Crippen LogP contribution in [0.4, 0.5) is 0 Å². The maximum absolute atomic E-state index is 8.85. The zero-order chi connectivity index (χ0) is 16.3. The summed E-state index contributed by atoms with van der Waals surface area (Å²) in [6, 6.07) is 15.6. The van der Waals surface area contributed by atoms with Crippen LogP contribution in [-0.4, -0.2) is 13.6 Å². The number of thiophene rings is 1. The Bertz CT molecular complexity index is 791. The molecule has 0 aliphatic rings. The second kappa shape index (κ2) is 6.74. The Hall–Kier alpha value is -1.84. The molecule has 21 heavy (non-hydrogen) atoms. The molecule has 0 amide bonds. The Morgan fingerprint density at radius 3 is 2.95 bits per heavy atom. The molecule has 2 nitrogen and oxygen atoms in total. The molecular weight excluding hydrogens is 278 g/mol. The Labute approximate surface area is 132 Å². The van der Waals surface area contributed by atoms with Gasteiger partial charge in [0, 0.05) is 16.7 Å². The summed E-state index contributed by atoms with van der Waals surface area (Å²) >= 11 is 1.53. The summed E-state index contributed by atoms with van der Waals surface area (Å²) in [7, 11) is 1.87. The van der Waals surface area contributed by atoms with E-state index in [4.69, 9.17) is 7.48 Å². The second-order valence-corrected chi connectivity index (χ2v) is 5.69. The topological polar surface area (TPSA) is 21.3 Å². The van der Waals surface area contributed by atoms with Crippen molar-refractivity contribution in [2.75, 3.05) is 13.6 Å². The highest BCUT2D eigenvalue weighted by Gasteiger charge is 2.15. The molecule has 0 radical (unpaired) electrons. The Morgan fingerprint density at radius 2 is 2.14 bits per heavy atom. The lowest BCUT2D eigenvalue weighted by Crippen LogP contribution is -2.15. The third-order valence-corrected chi connectivity index (χ3v) is 4.21. The highest BCUT2D eigenvalue weighted by molar-refractivity contribution is 7.10. The van der Waals surface area contributed by atoms with Crippen LogP contribution < -0.4 is 10.1 Å². The van der Waals surface area contributed by atoms with E-state index in [0.717, 1.165) is 15.6 Å². The van der Waals surface area contributed by atoms with Crippen LogP contribution in [0.5, 0.6) is 5.75 Å². The standard InChI is InChI=1S/C18H19NOS/c1-19-12-11-17(18-10-5-13-21-18)20-16-9-4-7-14-6-2-3-8-15(14)16/h2-10,13,17,19H,11-12H2,1H3/t17-/m0/s1/i7D,17D. The molecule has 1 N–H and O–H groups in total. The molecule has 0 saturated heterocycles. The van der Waals surface area contributed by atoms with Crippen LogP contribution in [0.2, 0.25) is 0 Å². The van der Waals surface area contributed by atoms with Gasteiger partial charge in [-0.05, 0) is 36.5 Å². The van der Waals surface area contributed by atoms with Crippen molar-refractivity contribution in [3.8, 4) is 5.75 Å². The number of hydrogen-bond donors (Lipinski definition) is 1. The van der Waals surface area contributed by atoms with Gasteiger partial charge in [-0.25, -0.2) is 0 Å². The zero-order valence-electron chi connectivity index (χ0n) is 13.9. The number of nitrogens with one attached hydrogen (secondary N) is 1. The average Bonchev–Trinajstić information content (AvgIpc) is 3.11. The van der Waals surface area contributed by atoms with Crippen LogP contribution in [0.3, 0.4) is 0 Å². The predicted octanol–water partition coefficient (Wildman–Crippen LogP) is 4.63. The minimum absolute atomic E-state index is 0.467. The number of ether oxygens (including phenoxy) is 1. The molecule has 1 atom stereocenters. The van der Waals surface area contributed by atoms with Gasteiger partial charge in [0.1, 0.15) is 11.8 Å². The van der Waals surface area contributed by atoms with Crippen molar-refractivity contribution in [1.82, 2.24) is 5.32 Å². The van der Waals surface area contributed by atoms with E-state index in [1.807, 2.05) is 48.8 Å². The van der Waals surface area contributed by atoms with E-state index < -0.39 is 6.08 Å². The van der Waals surface area contributed by atoms with E-state index in [9.17, 15) is 0 Å². The number of rotatable bonds is 6. The zero-order valence-corrected chi connectivity index (χ0v) is 12.7. The van der Waals surface area contributed by atoms with Gasteiger partial charge in [-0.1, -0.05) is 42.4 Å². The highest BCUT2D eigenvalue weighted by atomic mass is 32.1. The molecule has 0 spiro atoms. The van der Waals surface area contributed by atoms with Crippen LogP contribution in [0.25, 0.3) is 10.8 Å². The molecule has 0 saturated carbocycles. The van der Waals surface area contributed by atoms with E-state index in [1.165, 1.54) is 11.3 Å². The molecule has 0 bridgehead atoms.